The molecule has 0 radical (unpaired) electrons. The molecule has 23 heavy (non-hydrogen) atoms. The third kappa shape index (κ3) is 6.05. The molecule has 1 aromatic rings. The van der Waals surface area contributed by atoms with Gasteiger partial charge in [0, 0.05) is 41.9 Å². The summed E-state index contributed by atoms with van der Waals surface area (Å²) in [5, 5.41) is 6.78. The molecule has 2 N–H and O–H groups in total. The zero-order valence-electron chi connectivity index (χ0n) is 14.7. The molecule has 1 aliphatic rings. The summed E-state index contributed by atoms with van der Waals surface area (Å²) in [5.41, 5.74) is 1.33. The molecule has 1 fully saturated rings. The lowest BCUT2D eigenvalue weighted by Crippen LogP contribution is -2.47. The fourth-order valence-electron chi connectivity index (χ4n) is 2.75. The Kier molecular flexibility index (Phi) is 6.33. The summed E-state index contributed by atoms with van der Waals surface area (Å²) >= 11 is 3.50. The van der Waals surface area contributed by atoms with Crippen LogP contribution in [-0.2, 0) is 0 Å². The molecule has 0 aliphatic carbocycles. The Morgan fingerprint density at radius 2 is 2.00 bits per heavy atom. The van der Waals surface area contributed by atoms with Crippen molar-refractivity contribution >= 4 is 27.6 Å². The van der Waals surface area contributed by atoms with Crippen molar-refractivity contribution in [3.05, 3.63) is 28.7 Å². The van der Waals surface area contributed by atoms with Crippen LogP contribution in [0, 0.1) is 5.92 Å². The lowest BCUT2D eigenvalue weighted by Gasteiger charge is -2.24. The number of benzene rings is 1. The van der Waals surface area contributed by atoms with Crippen LogP contribution in [0.4, 0.5) is 5.69 Å². The Bertz CT molecular complexity index is 519. The Morgan fingerprint density at radius 1 is 1.30 bits per heavy atom. The van der Waals surface area contributed by atoms with E-state index < -0.39 is 0 Å². The standard InChI is InChI=1S/C18H29BrN4/c1-5-20-17(22-18(2,3)4)21-12-14-10-11-23(13-14)16-8-6-15(19)7-9-16/h6-9,14H,5,10-13H2,1-4H3,(H2,20,21,22). The van der Waals surface area contributed by atoms with Crippen LogP contribution in [0.1, 0.15) is 34.1 Å². The maximum Gasteiger partial charge on any atom is 0.191 e. The van der Waals surface area contributed by atoms with E-state index in [1.807, 2.05) is 0 Å². The summed E-state index contributed by atoms with van der Waals surface area (Å²) in [5.74, 6) is 1.54. The molecule has 1 saturated heterocycles. The Balaban J connectivity index is 1.90. The van der Waals surface area contributed by atoms with E-state index >= 15 is 0 Å². The smallest absolute Gasteiger partial charge is 0.191 e. The van der Waals surface area contributed by atoms with Crippen molar-refractivity contribution in [2.75, 3.05) is 31.1 Å². The van der Waals surface area contributed by atoms with E-state index in [0.29, 0.717) is 5.92 Å². The first-order chi connectivity index (χ1) is 10.9. The zero-order chi connectivity index (χ0) is 16.9. The summed E-state index contributed by atoms with van der Waals surface area (Å²) < 4.78 is 1.13. The van der Waals surface area contributed by atoms with Crippen molar-refractivity contribution < 1.29 is 0 Å². The van der Waals surface area contributed by atoms with Gasteiger partial charge in [0.25, 0.3) is 0 Å². The molecule has 0 bridgehead atoms. The molecule has 1 heterocycles. The van der Waals surface area contributed by atoms with Crippen molar-refractivity contribution in [2.45, 2.75) is 39.7 Å². The summed E-state index contributed by atoms with van der Waals surface area (Å²) in [4.78, 5) is 7.24. The first-order valence-electron chi connectivity index (χ1n) is 8.44. The number of halogens is 1. The monoisotopic (exact) mass is 380 g/mol. The minimum atomic E-state index is 0.0279. The lowest BCUT2D eigenvalue weighted by atomic mass is 10.1. The van der Waals surface area contributed by atoms with Crippen molar-refractivity contribution in [1.82, 2.24) is 10.6 Å². The van der Waals surface area contributed by atoms with E-state index in [1.54, 1.807) is 0 Å². The van der Waals surface area contributed by atoms with Gasteiger partial charge in [-0.15, -0.1) is 0 Å². The molecule has 1 aliphatic heterocycles. The predicted molar refractivity (Wildman–Crippen MR) is 103 cm³/mol. The highest BCUT2D eigenvalue weighted by Crippen LogP contribution is 2.25. The maximum absolute atomic E-state index is 4.78. The number of nitrogens with one attached hydrogen (secondary N) is 2. The summed E-state index contributed by atoms with van der Waals surface area (Å²) in [6, 6.07) is 8.58. The van der Waals surface area contributed by atoms with Gasteiger partial charge in [-0.2, -0.15) is 0 Å². The molecular weight excluding hydrogens is 352 g/mol. The summed E-state index contributed by atoms with van der Waals surface area (Å²) in [6.07, 6.45) is 1.20. The Labute approximate surface area is 148 Å². The number of guanidine groups is 1. The van der Waals surface area contributed by atoms with Crippen LogP contribution in [-0.4, -0.2) is 37.7 Å². The number of hydrogen-bond acceptors (Lipinski definition) is 2. The van der Waals surface area contributed by atoms with Crippen molar-refractivity contribution in [3.63, 3.8) is 0 Å². The highest BCUT2D eigenvalue weighted by Gasteiger charge is 2.22. The van der Waals surface area contributed by atoms with Gasteiger partial charge in [0.1, 0.15) is 0 Å². The highest BCUT2D eigenvalue weighted by atomic mass is 79.9. The van der Waals surface area contributed by atoms with Gasteiger partial charge in [0.2, 0.25) is 0 Å². The molecule has 1 unspecified atom stereocenters. The number of anilines is 1. The Hall–Kier alpha value is -1.23. The molecular formula is C18H29BrN4. The van der Waals surface area contributed by atoms with Gasteiger partial charge in [0.15, 0.2) is 5.96 Å². The first-order valence-corrected chi connectivity index (χ1v) is 9.23. The van der Waals surface area contributed by atoms with Crippen LogP contribution in [0.3, 0.4) is 0 Å². The quantitative estimate of drug-likeness (QED) is 0.618. The molecule has 1 aromatic carbocycles. The molecule has 0 saturated carbocycles. The number of aliphatic imine (C=N–C) groups is 1. The largest absolute Gasteiger partial charge is 0.371 e. The third-order valence-electron chi connectivity index (χ3n) is 3.82. The van der Waals surface area contributed by atoms with Crippen LogP contribution in [0.2, 0.25) is 0 Å². The summed E-state index contributed by atoms with van der Waals surface area (Å²) in [7, 11) is 0. The molecule has 128 valence electrons. The average molecular weight is 381 g/mol. The minimum Gasteiger partial charge on any atom is -0.371 e. The van der Waals surface area contributed by atoms with Crippen molar-refractivity contribution in [1.29, 1.82) is 0 Å². The SMILES string of the molecule is CCNC(=NCC1CCN(c2ccc(Br)cc2)C1)NC(C)(C)C. The topological polar surface area (TPSA) is 39.7 Å². The highest BCUT2D eigenvalue weighted by molar-refractivity contribution is 9.10. The third-order valence-corrected chi connectivity index (χ3v) is 4.35. The van der Waals surface area contributed by atoms with Gasteiger partial charge in [-0.05, 0) is 64.3 Å². The van der Waals surface area contributed by atoms with E-state index in [1.165, 1.54) is 12.1 Å². The predicted octanol–water partition coefficient (Wildman–Crippen LogP) is 3.63. The second-order valence-electron chi connectivity index (χ2n) is 7.17. The van der Waals surface area contributed by atoms with Crippen LogP contribution >= 0.6 is 15.9 Å². The van der Waals surface area contributed by atoms with Crippen LogP contribution < -0.4 is 15.5 Å². The second kappa shape index (κ2) is 8.04. The van der Waals surface area contributed by atoms with E-state index in [0.717, 1.165) is 36.6 Å². The maximum atomic E-state index is 4.78. The molecule has 1 atom stereocenters. The van der Waals surface area contributed by atoms with Crippen molar-refractivity contribution in [3.8, 4) is 0 Å². The van der Waals surface area contributed by atoms with Gasteiger partial charge in [-0.25, -0.2) is 0 Å². The van der Waals surface area contributed by atoms with Gasteiger partial charge in [-0.3, -0.25) is 4.99 Å². The fraction of sp³-hybridized carbons (Fsp3) is 0.611. The fourth-order valence-corrected chi connectivity index (χ4v) is 3.02. The van der Waals surface area contributed by atoms with Crippen LogP contribution in [0.25, 0.3) is 0 Å². The minimum absolute atomic E-state index is 0.0279. The van der Waals surface area contributed by atoms with Gasteiger partial charge < -0.3 is 15.5 Å². The van der Waals surface area contributed by atoms with E-state index in [2.05, 4.69) is 83.4 Å². The van der Waals surface area contributed by atoms with Gasteiger partial charge >= 0.3 is 0 Å². The number of hydrogen-bond donors (Lipinski definition) is 2. The van der Waals surface area contributed by atoms with Crippen molar-refractivity contribution in [2.24, 2.45) is 10.9 Å². The average Bonchev–Trinajstić information content (AvgIpc) is 2.93. The lowest BCUT2D eigenvalue weighted by molar-refractivity contribution is 0.498. The van der Waals surface area contributed by atoms with Gasteiger partial charge in [-0.1, -0.05) is 15.9 Å². The van der Waals surface area contributed by atoms with E-state index in [4.69, 9.17) is 4.99 Å². The van der Waals surface area contributed by atoms with Crippen LogP contribution in [0.15, 0.2) is 33.7 Å². The first kappa shape index (κ1) is 18.1. The normalized spacial score (nSPS) is 19.1. The molecule has 0 amide bonds. The molecule has 0 spiro atoms. The van der Waals surface area contributed by atoms with Crippen LogP contribution in [0.5, 0.6) is 0 Å². The molecule has 0 aromatic heterocycles. The number of nitrogens with zero attached hydrogens (tertiary/aromatic N) is 2. The molecule has 4 nitrogen and oxygen atoms in total. The second-order valence-corrected chi connectivity index (χ2v) is 8.09. The van der Waals surface area contributed by atoms with E-state index in [-0.39, 0.29) is 5.54 Å². The number of rotatable bonds is 4. The Morgan fingerprint density at radius 3 is 2.61 bits per heavy atom. The van der Waals surface area contributed by atoms with Gasteiger partial charge in [0.05, 0.1) is 0 Å². The zero-order valence-corrected chi connectivity index (χ0v) is 16.3. The molecule has 2 rings (SSSR count). The van der Waals surface area contributed by atoms with E-state index in [9.17, 15) is 0 Å². The summed E-state index contributed by atoms with van der Waals surface area (Å²) in [6.45, 7) is 12.5. The molecule has 5 heteroatoms.